The molecule has 0 aliphatic rings. The zero-order valence-corrected chi connectivity index (χ0v) is 18.1. The maximum absolute atomic E-state index is 4.54. The fourth-order valence-electron chi connectivity index (χ4n) is 3.37. The lowest BCUT2D eigenvalue weighted by Crippen LogP contribution is -2.42. The third-order valence-corrected chi connectivity index (χ3v) is 5.12. The van der Waals surface area contributed by atoms with Gasteiger partial charge in [0.15, 0.2) is 5.96 Å². The van der Waals surface area contributed by atoms with Gasteiger partial charge in [0.05, 0.1) is 5.69 Å². The quantitative estimate of drug-likeness (QED) is 0.495. The van der Waals surface area contributed by atoms with Crippen LogP contribution < -0.4 is 10.6 Å². The molecule has 0 aliphatic carbocycles. The summed E-state index contributed by atoms with van der Waals surface area (Å²) in [5.74, 6) is 2.55. The minimum Gasteiger partial charge on any atom is -0.354 e. The van der Waals surface area contributed by atoms with Crippen molar-refractivity contribution in [1.82, 2.24) is 34.9 Å². The van der Waals surface area contributed by atoms with E-state index < -0.39 is 0 Å². The second kappa shape index (κ2) is 8.89. The molecule has 0 spiro atoms. The van der Waals surface area contributed by atoms with Gasteiger partial charge in [0.1, 0.15) is 11.6 Å². The van der Waals surface area contributed by atoms with Crippen molar-refractivity contribution in [2.75, 3.05) is 7.05 Å². The van der Waals surface area contributed by atoms with E-state index >= 15 is 0 Å². The predicted molar refractivity (Wildman–Crippen MR) is 115 cm³/mol. The number of guanidine groups is 1. The van der Waals surface area contributed by atoms with E-state index in [1.54, 1.807) is 13.2 Å². The number of hydrogen-bond donors (Lipinski definition) is 2. The van der Waals surface area contributed by atoms with Crippen LogP contribution in [0.3, 0.4) is 0 Å². The summed E-state index contributed by atoms with van der Waals surface area (Å²) < 4.78 is 3.90. The molecule has 0 saturated heterocycles. The number of aryl methyl sites for hydroxylation is 3. The Labute approximate surface area is 172 Å². The lowest BCUT2D eigenvalue weighted by molar-refractivity contribution is 0.635. The normalized spacial score (nSPS) is 12.8. The highest BCUT2D eigenvalue weighted by Crippen LogP contribution is 2.14. The van der Waals surface area contributed by atoms with Gasteiger partial charge in [-0.05, 0) is 51.3 Å². The zero-order valence-electron chi connectivity index (χ0n) is 18.1. The van der Waals surface area contributed by atoms with Crippen LogP contribution in [-0.4, -0.2) is 43.4 Å². The van der Waals surface area contributed by atoms with Crippen LogP contribution in [0.4, 0.5) is 0 Å². The minimum absolute atomic E-state index is 0.229. The molecule has 2 N–H and O–H groups in total. The maximum atomic E-state index is 4.54. The molecule has 154 valence electrons. The molecule has 8 nitrogen and oxygen atoms in total. The Bertz CT molecular complexity index is 981. The van der Waals surface area contributed by atoms with Crippen molar-refractivity contribution in [2.24, 2.45) is 12.0 Å². The molecule has 0 aromatic carbocycles. The summed E-state index contributed by atoms with van der Waals surface area (Å²) in [6, 6.07) is 4.29. The Kier molecular flexibility index (Phi) is 6.31. The van der Waals surface area contributed by atoms with Gasteiger partial charge in [-0.3, -0.25) is 14.2 Å². The number of imidazole rings is 1. The van der Waals surface area contributed by atoms with Gasteiger partial charge in [-0.1, -0.05) is 6.07 Å². The Hall–Kier alpha value is -3.16. The van der Waals surface area contributed by atoms with Gasteiger partial charge in [-0.15, -0.1) is 0 Å². The first-order chi connectivity index (χ1) is 13.9. The molecule has 0 aliphatic heterocycles. The minimum atomic E-state index is 0.229. The first-order valence-electron chi connectivity index (χ1n) is 9.80. The zero-order chi connectivity index (χ0) is 21.0. The van der Waals surface area contributed by atoms with Crippen LogP contribution >= 0.6 is 0 Å². The first-order valence-corrected chi connectivity index (χ1v) is 9.80. The molecule has 3 rings (SSSR count). The largest absolute Gasteiger partial charge is 0.354 e. The summed E-state index contributed by atoms with van der Waals surface area (Å²) in [4.78, 5) is 13.1. The summed E-state index contributed by atoms with van der Waals surface area (Å²) in [5.41, 5.74) is 4.66. The molecule has 0 fully saturated rings. The second-order valence-electron chi connectivity index (χ2n) is 7.32. The van der Waals surface area contributed by atoms with E-state index in [4.69, 9.17) is 0 Å². The highest BCUT2D eigenvalue weighted by molar-refractivity contribution is 5.79. The monoisotopic (exact) mass is 394 g/mol. The molecule has 1 atom stereocenters. The highest BCUT2D eigenvalue weighted by atomic mass is 15.3. The number of rotatable bonds is 6. The van der Waals surface area contributed by atoms with Gasteiger partial charge in [0.2, 0.25) is 0 Å². The average Bonchev–Trinajstić information content (AvgIpc) is 3.23. The molecule has 0 radical (unpaired) electrons. The van der Waals surface area contributed by atoms with E-state index in [0.717, 1.165) is 35.3 Å². The van der Waals surface area contributed by atoms with Crippen molar-refractivity contribution >= 4 is 5.96 Å². The van der Waals surface area contributed by atoms with Crippen molar-refractivity contribution in [3.05, 3.63) is 59.1 Å². The molecular weight excluding hydrogens is 364 g/mol. The molecule has 3 aromatic rings. The van der Waals surface area contributed by atoms with Crippen LogP contribution in [0.5, 0.6) is 0 Å². The van der Waals surface area contributed by atoms with Gasteiger partial charge >= 0.3 is 0 Å². The van der Waals surface area contributed by atoms with Gasteiger partial charge in [0.25, 0.3) is 0 Å². The molecule has 0 bridgehead atoms. The summed E-state index contributed by atoms with van der Waals surface area (Å²) in [6.45, 7) is 8.93. The number of hydrogen-bond acceptors (Lipinski definition) is 4. The van der Waals surface area contributed by atoms with Crippen molar-refractivity contribution in [2.45, 2.75) is 46.7 Å². The lowest BCUT2D eigenvalue weighted by atomic mass is 10.1. The van der Waals surface area contributed by atoms with E-state index in [2.05, 4.69) is 57.5 Å². The van der Waals surface area contributed by atoms with Crippen molar-refractivity contribution < 1.29 is 0 Å². The SMILES string of the molecule is CN=C(NCc1ccc(-n2ccnc2C)nc1)NC(C)Cc1c(C)nn(C)c1C. The van der Waals surface area contributed by atoms with Crippen LogP contribution in [0.15, 0.2) is 35.7 Å². The molecule has 3 aromatic heterocycles. The van der Waals surface area contributed by atoms with E-state index in [1.165, 1.54) is 11.3 Å². The standard InChI is InChI=1S/C21H30N8/c1-14(11-19-15(2)27-28(6)16(19)3)26-21(22-5)25-13-18-7-8-20(24-12-18)29-10-9-23-17(29)4/h7-10,12,14H,11,13H2,1-6H3,(H2,22,25,26). The summed E-state index contributed by atoms with van der Waals surface area (Å²) in [7, 11) is 3.77. The summed E-state index contributed by atoms with van der Waals surface area (Å²) >= 11 is 0. The molecule has 1 unspecified atom stereocenters. The highest BCUT2D eigenvalue weighted by Gasteiger charge is 2.14. The topological polar surface area (TPSA) is 84.9 Å². The van der Waals surface area contributed by atoms with Crippen molar-refractivity contribution in [1.29, 1.82) is 0 Å². The Balaban J connectivity index is 1.55. The number of aromatic nitrogens is 5. The smallest absolute Gasteiger partial charge is 0.191 e. The summed E-state index contributed by atoms with van der Waals surface area (Å²) in [6.07, 6.45) is 6.46. The number of pyridine rings is 1. The molecular formula is C21H30N8. The van der Waals surface area contributed by atoms with Gasteiger partial charge in [-0.25, -0.2) is 9.97 Å². The maximum Gasteiger partial charge on any atom is 0.191 e. The van der Waals surface area contributed by atoms with E-state index in [0.29, 0.717) is 6.54 Å². The van der Waals surface area contributed by atoms with Crippen molar-refractivity contribution in [3.63, 3.8) is 0 Å². The summed E-state index contributed by atoms with van der Waals surface area (Å²) in [5, 5.41) is 11.3. The van der Waals surface area contributed by atoms with E-state index in [-0.39, 0.29) is 6.04 Å². The molecule has 29 heavy (non-hydrogen) atoms. The molecule has 8 heteroatoms. The Morgan fingerprint density at radius 3 is 2.55 bits per heavy atom. The van der Waals surface area contributed by atoms with Crippen LogP contribution in [0.25, 0.3) is 5.82 Å². The van der Waals surface area contributed by atoms with Crippen LogP contribution in [-0.2, 0) is 20.0 Å². The van der Waals surface area contributed by atoms with E-state index in [1.807, 2.05) is 41.7 Å². The number of aliphatic imine (C=N–C) groups is 1. The van der Waals surface area contributed by atoms with Crippen LogP contribution in [0.2, 0.25) is 0 Å². The number of nitrogens with one attached hydrogen (secondary N) is 2. The molecule has 0 saturated carbocycles. The lowest BCUT2D eigenvalue weighted by Gasteiger charge is -2.18. The third-order valence-electron chi connectivity index (χ3n) is 5.12. The average molecular weight is 395 g/mol. The second-order valence-corrected chi connectivity index (χ2v) is 7.32. The third kappa shape index (κ3) is 4.82. The molecule has 0 amide bonds. The number of nitrogens with zero attached hydrogens (tertiary/aromatic N) is 6. The fraction of sp³-hybridized carbons (Fsp3) is 0.429. The van der Waals surface area contributed by atoms with Crippen LogP contribution in [0.1, 0.15) is 35.3 Å². The predicted octanol–water partition coefficient (Wildman–Crippen LogP) is 2.22. The van der Waals surface area contributed by atoms with E-state index in [9.17, 15) is 0 Å². The van der Waals surface area contributed by atoms with Crippen molar-refractivity contribution in [3.8, 4) is 5.82 Å². The Morgan fingerprint density at radius 2 is 2.00 bits per heavy atom. The van der Waals surface area contributed by atoms with Gasteiger partial charge < -0.3 is 10.6 Å². The Morgan fingerprint density at radius 1 is 1.21 bits per heavy atom. The van der Waals surface area contributed by atoms with Gasteiger partial charge in [-0.2, -0.15) is 5.10 Å². The molecule has 3 heterocycles. The van der Waals surface area contributed by atoms with Gasteiger partial charge in [0, 0.05) is 51.0 Å². The first kappa shape index (κ1) is 20.6. The fourth-order valence-corrected chi connectivity index (χ4v) is 3.37. The van der Waals surface area contributed by atoms with Crippen LogP contribution in [0, 0.1) is 20.8 Å².